The van der Waals surface area contributed by atoms with Crippen LogP contribution in [0.25, 0.3) is 22.0 Å². The van der Waals surface area contributed by atoms with E-state index >= 15 is 0 Å². The third-order valence-electron chi connectivity index (χ3n) is 9.48. The van der Waals surface area contributed by atoms with Crippen LogP contribution in [0, 0.1) is 0 Å². The van der Waals surface area contributed by atoms with Crippen molar-refractivity contribution in [1.82, 2.24) is 20.5 Å². The predicted molar refractivity (Wildman–Crippen MR) is 187 cm³/mol. The molecule has 7 rings (SSSR count). The Labute approximate surface area is 277 Å². The first-order chi connectivity index (χ1) is 22.1. The highest BCUT2D eigenvalue weighted by Crippen LogP contribution is 2.36. The number of aryl methyl sites for hydroxylation is 1. The second kappa shape index (κ2) is 14.4. The lowest BCUT2D eigenvalue weighted by Gasteiger charge is -2.35. The number of halogens is 1. The number of hydrogen-bond acceptors (Lipinski definition) is 3. The van der Waals surface area contributed by atoms with Crippen molar-refractivity contribution in [1.29, 1.82) is 0 Å². The van der Waals surface area contributed by atoms with Gasteiger partial charge in [0, 0.05) is 55.6 Å². The molecule has 1 saturated heterocycles. The van der Waals surface area contributed by atoms with E-state index in [0.717, 1.165) is 47.8 Å². The van der Waals surface area contributed by atoms with E-state index in [0.29, 0.717) is 38.4 Å². The summed E-state index contributed by atoms with van der Waals surface area (Å²) >= 11 is 0. The van der Waals surface area contributed by atoms with Crippen LogP contribution in [0.1, 0.15) is 47.1 Å². The number of aromatic nitrogens is 1. The van der Waals surface area contributed by atoms with Gasteiger partial charge in [-0.1, -0.05) is 91.0 Å². The number of carbonyl (C=O) groups excluding carboxylic acids is 2. The quantitative estimate of drug-likeness (QED) is 0.159. The van der Waals surface area contributed by atoms with Crippen molar-refractivity contribution < 1.29 is 9.59 Å². The van der Waals surface area contributed by atoms with Gasteiger partial charge in [0.05, 0.1) is 0 Å². The Balaban J connectivity index is 0.00000372. The summed E-state index contributed by atoms with van der Waals surface area (Å²) < 4.78 is 0. The third kappa shape index (κ3) is 7.04. The number of likely N-dealkylation sites (tertiary alicyclic amines) is 1. The first-order valence-electron chi connectivity index (χ1n) is 16.2. The number of nitrogens with one attached hydrogen (secondary N) is 3. The largest absolute Gasteiger partial charge is 0.361 e. The molecule has 6 nitrogen and oxygen atoms in total. The Hall–Kier alpha value is -4.39. The molecule has 1 aliphatic carbocycles. The van der Waals surface area contributed by atoms with E-state index in [1.54, 1.807) is 0 Å². The van der Waals surface area contributed by atoms with Crippen LogP contribution in [0.4, 0.5) is 0 Å². The molecule has 0 spiro atoms. The second-order valence-corrected chi connectivity index (χ2v) is 12.5. The average Bonchev–Trinajstić information content (AvgIpc) is 3.67. The number of piperidine rings is 1. The van der Waals surface area contributed by atoms with Gasteiger partial charge in [-0.25, -0.2) is 0 Å². The van der Waals surface area contributed by atoms with Gasteiger partial charge in [-0.2, -0.15) is 0 Å². The number of nitrogens with zero attached hydrogens (tertiary/aromatic N) is 1. The van der Waals surface area contributed by atoms with E-state index in [-0.39, 0.29) is 24.2 Å². The Morgan fingerprint density at radius 2 is 1.57 bits per heavy atom. The molecule has 2 aliphatic rings. The third-order valence-corrected chi connectivity index (χ3v) is 9.48. The molecule has 3 N–H and O–H groups in total. The molecule has 1 fully saturated rings. The number of benzene rings is 4. The molecule has 1 aliphatic heterocycles. The van der Waals surface area contributed by atoms with E-state index in [1.165, 1.54) is 27.8 Å². The van der Waals surface area contributed by atoms with E-state index < -0.39 is 6.04 Å². The molecule has 1 atom stereocenters. The van der Waals surface area contributed by atoms with Gasteiger partial charge < -0.3 is 20.5 Å². The topological polar surface area (TPSA) is 77.2 Å². The van der Waals surface area contributed by atoms with E-state index in [2.05, 4.69) is 64.1 Å². The predicted octanol–water partition coefficient (Wildman–Crippen LogP) is 6.60. The summed E-state index contributed by atoms with van der Waals surface area (Å²) in [6, 6.07) is 33.4. The van der Waals surface area contributed by atoms with E-state index in [9.17, 15) is 9.59 Å². The van der Waals surface area contributed by atoms with Gasteiger partial charge in [0.1, 0.15) is 6.04 Å². The fourth-order valence-electron chi connectivity index (χ4n) is 6.98. The zero-order valence-electron chi connectivity index (χ0n) is 26.0. The molecule has 7 heteroatoms. The maximum atomic E-state index is 13.9. The minimum atomic E-state index is -0.604. The van der Waals surface area contributed by atoms with Crippen LogP contribution in [-0.4, -0.2) is 46.9 Å². The summed E-state index contributed by atoms with van der Waals surface area (Å²) in [4.78, 5) is 32.3. The molecule has 0 radical (unpaired) electrons. The molecule has 2 amide bonds. The fourth-order valence-corrected chi connectivity index (χ4v) is 6.98. The van der Waals surface area contributed by atoms with Gasteiger partial charge in [0.25, 0.3) is 0 Å². The molecule has 0 unspecified atom stereocenters. The Morgan fingerprint density at radius 1 is 0.826 bits per heavy atom. The first kappa shape index (κ1) is 31.6. The summed E-state index contributed by atoms with van der Waals surface area (Å²) in [6.45, 7) is 2.18. The second-order valence-electron chi connectivity index (χ2n) is 12.5. The number of amides is 2. The SMILES string of the molecule is Cl.O=C(CCc1ccccc1)N[C@H](Cc1c[nH]c2ccccc12)C(=O)N1CCC(NCc2ccc3c(c2)Cc2ccccc2-3)CC1. The highest BCUT2D eigenvalue weighted by molar-refractivity contribution is 5.90. The maximum Gasteiger partial charge on any atom is 0.245 e. The van der Waals surface area contributed by atoms with Crippen LogP contribution in [-0.2, 0) is 35.4 Å². The lowest BCUT2D eigenvalue weighted by molar-refractivity contribution is -0.137. The molecule has 2 heterocycles. The standard InChI is InChI=1S/C39H40N4O2.ClH/c44-38(17-15-27-8-2-1-3-9-27)42-37(24-31-26-41-36-13-7-6-12-35(31)36)39(45)43-20-18-32(19-21-43)40-25-28-14-16-34-30(22-28)23-29-10-4-5-11-33(29)34;/h1-14,16,22,26,32,37,40-41H,15,17-21,23-25H2,(H,42,44);1H/t37-;/m1./s1. The molecule has 1 aromatic heterocycles. The normalized spacial score (nSPS) is 14.7. The number of H-pyrrole nitrogens is 1. The Bertz CT molecular complexity index is 1810. The lowest BCUT2D eigenvalue weighted by atomic mass is 9.99. The fraction of sp³-hybridized carbons (Fsp3) is 0.282. The summed E-state index contributed by atoms with van der Waals surface area (Å²) in [7, 11) is 0. The zero-order chi connectivity index (χ0) is 30.6. The van der Waals surface area contributed by atoms with Gasteiger partial charge in [-0.05, 0) is 70.7 Å². The number of aromatic amines is 1. The molecule has 236 valence electrons. The Morgan fingerprint density at radius 3 is 2.41 bits per heavy atom. The summed E-state index contributed by atoms with van der Waals surface area (Å²) in [6.07, 6.45) is 6.21. The van der Waals surface area contributed by atoms with Gasteiger partial charge in [-0.3, -0.25) is 9.59 Å². The summed E-state index contributed by atoms with van der Waals surface area (Å²) in [5.74, 6) is -0.0870. The monoisotopic (exact) mass is 632 g/mol. The average molecular weight is 633 g/mol. The molecule has 0 saturated carbocycles. The molecular weight excluding hydrogens is 592 g/mol. The zero-order valence-corrected chi connectivity index (χ0v) is 26.8. The van der Waals surface area contributed by atoms with Crippen molar-refractivity contribution in [3.05, 3.63) is 131 Å². The molecular formula is C39H41ClN4O2. The van der Waals surface area contributed by atoms with Crippen molar-refractivity contribution in [2.45, 2.75) is 57.2 Å². The van der Waals surface area contributed by atoms with Crippen LogP contribution in [0.2, 0.25) is 0 Å². The van der Waals surface area contributed by atoms with Crippen molar-refractivity contribution >= 4 is 35.1 Å². The Kier molecular flexibility index (Phi) is 9.86. The van der Waals surface area contributed by atoms with Crippen LogP contribution >= 0.6 is 12.4 Å². The number of rotatable bonds is 10. The lowest BCUT2D eigenvalue weighted by Crippen LogP contribution is -2.53. The van der Waals surface area contributed by atoms with Crippen LogP contribution in [0.5, 0.6) is 0 Å². The van der Waals surface area contributed by atoms with Crippen molar-refractivity contribution in [3.63, 3.8) is 0 Å². The van der Waals surface area contributed by atoms with Gasteiger partial charge in [-0.15, -0.1) is 12.4 Å². The highest BCUT2D eigenvalue weighted by Gasteiger charge is 2.30. The van der Waals surface area contributed by atoms with Crippen molar-refractivity contribution in [3.8, 4) is 11.1 Å². The van der Waals surface area contributed by atoms with Crippen molar-refractivity contribution in [2.75, 3.05) is 13.1 Å². The van der Waals surface area contributed by atoms with Crippen LogP contribution < -0.4 is 10.6 Å². The molecule has 46 heavy (non-hydrogen) atoms. The van der Waals surface area contributed by atoms with E-state index in [1.807, 2.05) is 59.6 Å². The first-order valence-corrected chi connectivity index (χ1v) is 16.2. The van der Waals surface area contributed by atoms with E-state index in [4.69, 9.17) is 0 Å². The minimum absolute atomic E-state index is 0. The van der Waals surface area contributed by atoms with Gasteiger partial charge in [0.2, 0.25) is 11.8 Å². The van der Waals surface area contributed by atoms with Crippen molar-refractivity contribution in [2.24, 2.45) is 0 Å². The van der Waals surface area contributed by atoms with Crippen LogP contribution in [0.3, 0.4) is 0 Å². The molecule has 4 aromatic carbocycles. The van der Waals surface area contributed by atoms with Crippen LogP contribution in [0.15, 0.2) is 103 Å². The number of fused-ring (bicyclic) bond motifs is 4. The summed E-state index contributed by atoms with van der Waals surface area (Å²) in [5.41, 5.74) is 10.0. The summed E-state index contributed by atoms with van der Waals surface area (Å²) in [5, 5.41) is 7.95. The number of carbonyl (C=O) groups is 2. The highest BCUT2D eigenvalue weighted by atomic mass is 35.5. The van der Waals surface area contributed by atoms with Gasteiger partial charge >= 0.3 is 0 Å². The molecule has 5 aromatic rings. The maximum absolute atomic E-state index is 13.9. The van der Waals surface area contributed by atoms with Gasteiger partial charge in [0.15, 0.2) is 0 Å². The molecule has 0 bridgehead atoms. The number of para-hydroxylation sites is 1. The minimum Gasteiger partial charge on any atom is -0.361 e. The smallest absolute Gasteiger partial charge is 0.245 e. The number of hydrogen-bond donors (Lipinski definition) is 3.